The molecule has 8 nitrogen and oxygen atoms in total. The molecule has 208 valence electrons. The van der Waals surface area contributed by atoms with Crippen molar-refractivity contribution in [1.82, 2.24) is 4.90 Å². The lowest BCUT2D eigenvalue weighted by Gasteiger charge is -2.28. The van der Waals surface area contributed by atoms with Gasteiger partial charge in [-0.1, -0.05) is 53.1 Å². The standard InChI is InChI=1S/C29H33ClN2O6S/c1-8-38-26(36)18-14-17(9-10-21(18)30)31-23(33)15-32-25(35)22(39-27(32)37)13-16-11-19(28(2,3)4)24(34)20(12-16)29(5,6)7/h9-14,34H,8,15H2,1-7H3,(H,31,33)/b22-13-. The molecule has 2 aromatic rings. The van der Waals surface area contributed by atoms with Crippen LogP contribution in [0.15, 0.2) is 35.2 Å². The number of phenols is 1. The third-order valence-corrected chi connectivity index (χ3v) is 7.20. The molecule has 1 aliphatic rings. The molecule has 3 rings (SSSR count). The van der Waals surface area contributed by atoms with E-state index in [2.05, 4.69) is 5.32 Å². The number of esters is 1. The molecule has 0 unspecified atom stereocenters. The van der Waals surface area contributed by atoms with Gasteiger partial charge in [0.1, 0.15) is 12.3 Å². The number of anilines is 1. The van der Waals surface area contributed by atoms with E-state index in [9.17, 15) is 24.3 Å². The number of rotatable bonds is 6. The maximum absolute atomic E-state index is 13.1. The summed E-state index contributed by atoms with van der Waals surface area (Å²) in [6.07, 6.45) is 1.61. The highest BCUT2D eigenvalue weighted by Gasteiger charge is 2.37. The minimum Gasteiger partial charge on any atom is -0.507 e. The summed E-state index contributed by atoms with van der Waals surface area (Å²) in [4.78, 5) is 51.6. The lowest BCUT2D eigenvalue weighted by molar-refractivity contribution is -0.127. The van der Waals surface area contributed by atoms with Gasteiger partial charge in [0.25, 0.3) is 11.1 Å². The highest BCUT2D eigenvalue weighted by molar-refractivity contribution is 8.18. The van der Waals surface area contributed by atoms with E-state index in [1.807, 2.05) is 53.7 Å². The molecule has 0 spiro atoms. The Kier molecular flexibility index (Phi) is 8.87. The van der Waals surface area contributed by atoms with Crippen molar-refractivity contribution in [2.24, 2.45) is 0 Å². The van der Waals surface area contributed by atoms with E-state index in [0.717, 1.165) is 27.8 Å². The molecule has 0 aliphatic carbocycles. The molecule has 2 aromatic carbocycles. The number of nitrogens with one attached hydrogen (secondary N) is 1. The summed E-state index contributed by atoms with van der Waals surface area (Å²) in [6.45, 7) is 13.2. The SMILES string of the molecule is CCOC(=O)c1cc(NC(=O)CN2C(=O)S/C(=C\c3cc(C(C)(C)C)c(O)c(C(C)(C)C)c3)C2=O)ccc1Cl. The maximum atomic E-state index is 13.1. The zero-order valence-electron chi connectivity index (χ0n) is 23.1. The fraction of sp³-hybridized carbons (Fsp3) is 0.379. The fourth-order valence-corrected chi connectivity index (χ4v) is 5.02. The number of hydrogen-bond donors (Lipinski definition) is 2. The molecule has 2 N–H and O–H groups in total. The topological polar surface area (TPSA) is 113 Å². The van der Waals surface area contributed by atoms with Gasteiger partial charge in [0.15, 0.2) is 0 Å². The molecule has 1 aliphatic heterocycles. The molecule has 0 radical (unpaired) electrons. The Morgan fingerprint density at radius 1 is 1.05 bits per heavy atom. The van der Waals surface area contributed by atoms with Crippen molar-refractivity contribution in [1.29, 1.82) is 0 Å². The third kappa shape index (κ3) is 7.02. The number of aromatic hydroxyl groups is 1. The summed E-state index contributed by atoms with van der Waals surface area (Å²) in [5.74, 6) is -1.63. The fourth-order valence-electron chi connectivity index (χ4n) is 3.98. The van der Waals surface area contributed by atoms with Crippen molar-refractivity contribution in [2.75, 3.05) is 18.5 Å². The number of thioether (sulfide) groups is 1. The van der Waals surface area contributed by atoms with Gasteiger partial charge in [-0.3, -0.25) is 19.3 Å². The zero-order chi connectivity index (χ0) is 29.3. The molecule has 0 saturated carbocycles. The number of ether oxygens (including phenoxy) is 1. The molecule has 1 fully saturated rings. The Morgan fingerprint density at radius 3 is 2.18 bits per heavy atom. The summed E-state index contributed by atoms with van der Waals surface area (Å²) in [5.41, 5.74) is 1.76. The van der Waals surface area contributed by atoms with Crippen LogP contribution in [-0.4, -0.2) is 46.2 Å². The van der Waals surface area contributed by atoms with Gasteiger partial charge >= 0.3 is 5.97 Å². The Bertz CT molecular complexity index is 1340. The van der Waals surface area contributed by atoms with Gasteiger partial charge < -0.3 is 15.2 Å². The van der Waals surface area contributed by atoms with Gasteiger partial charge in [-0.15, -0.1) is 0 Å². The van der Waals surface area contributed by atoms with Gasteiger partial charge in [-0.25, -0.2) is 4.79 Å². The average Bonchev–Trinajstić information content (AvgIpc) is 3.07. The van der Waals surface area contributed by atoms with Crippen LogP contribution in [0, 0.1) is 0 Å². The first kappa shape index (κ1) is 30.2. The summed E-state index contributed by atoms with van der Waals surface area (Å²) in [7, 11) is 0. The molecule has 39 heavy (non-hydrogen) atoms. The first-order valence-corrected chi connectivity index (χ1v) is 13.6. The van der Waals surface area contributed by atoms with Crippen LogP contribution in [0.3, 0.4) is 0 Å². The van der Waals surface area contributed by atoms with E-state index in [1.165, 1.54) is 18.2 Å². The van der Waals surface area contributed by atoms with Crippen LogP contribution in [0.4, 0.5) is 10.5 Å². The molecule has 10 heteroatoms. The van der Waals surface area contributed by atoms with E-state index >= 15 is 0 Å². The number of hydrogen-bond acceptors (Lipinski definition) is 7. The number of nitrogens with zero attached hydrogens (tertiary/aromatic N) is 1. The number of benzene rings is 2. The lowest BCUT2D eigenvalue weighted by atomic mass is 9.78. The normalized spacial score (nSPS) is 15.2. The van der Waals surface area contributed by atoms with Crippen LogP contribution in [-0.2, 0) is 25.2 Å². The maximum Gasteiger partial charge on any atom is 0.339 e. The second-order valence-corrected chi connectivity index (χ2v) is 12.6. The summed E-state index contributed by atoms with van der Waals surface area (Å²) in [6, 6.07) is 7.94. The largest absolute Gasteiger partial charge is 0.507 e. The Morgan fingerprint density at radius 2 is 1.64 bits per heavy atom. The molecule has 1 saturated heterocycles. The van der Waals surface area contributed by atoms with Crippen molar-refractivity contribution < 1.29 is 29.0 Å². The minimum atomic E-state index is -0.631. The lowest BCUT2D eigenvalue weighted by Crippen LogP contribution is -2.36. The van der Waals surface area contributed by atoms with Crippen molar-refractivity contribution in [3.8, 4) is 5.75 Å². The molecule has 0 atom stereocenters. The van der Waals surface area contributed by atoms with Crippen molar-refractivity contribution in [3.63, 3.8) is 0 Å². The van der Waals surface area contributed by atoms with Gasteiger partial charge in [0, 0.05) is 16.8 Å². The zero-order valence-corrected chi connectivity index (χ0v) is 24.7. The Balaban J connectivity index is 1.83. The monoisotopic (exact) mass is 572 g/mol. The number of carbonyl (C=O) groups is 4. The summed E-state index contributed by atoms with van der Waals surface area (Å²) >= 11 is 6.81. The molecule has 1 heterocycles. The van der Waals surface area contributed by atoms with Crippen LogP contribution in [0.1, 0.15) is 75.5 Å². The Hall–Kier alpha value is -3.30. The van der Waals surface area contributed by atoms with E-state index < -0.39 is 29.6 Å². The van der Waals surface area contributed by atoms with Gasteiger partial charge in [-0.05, 0) is 71.5 Å². The molecular weight excluding hydrogens is 540 g/mol. The number of phenolic OH excluding ortho intramolecular Hbond substituents is 1. The van der Waals surface area contributed by atoms with Crippen LogP contribution in [0.5, 0.6) is 5.75 Å². The third-order valence-electron chi connectivity index (χ3n) is 5.97. The molecule has 3 amide bonds. The number of amides is 3. The quantitative estimate of drug-likeness (QED) is 0.300. The van der Waals surface area contributed by atoms with Crippen molar-refractivity contribution in [3.05, 3.63) is 62.5 Å². The second kappa shape index (κ2) is 11.4. The average molecular weight is 573 g/mol. The molecule has 0 bridgehead atoms. The van der Waals surface area contributed by atoms with Crippen LogP contribution < -0.4 is 5.32 Å². The van der Waals surface area contributed by atoms with Crippen molar-refractivity contribution >= 4 is 58.1 Å². The first-order chi connectivity index (χ1) is 18.0. The predicted molar refractivity (Wildman–Crippen MR) is 154 cm³/mol. The number of imide groups is 1. The highest BCUT2D eigenvalue weighted by Crippen LogP contribution is 2.41. The van der Waals surface area contributed by atoms with Gasteiger partial charge in [0.2, 0.25) is 5.91 Å². The molecular formula is C29H33ClN2O6S. The van der Waals surface area contributed by atoms with E-state index in [0.29, 0.717) is 5.56 Å². The van der Waals surface area contributed by atoms with Gasteiger partial charge in [-0.2, -0.15) is 0 Å². The van der Waals surface area contributed by atoms with Crippen molar-refractivity contribution in [2.45, 2.75) is 59.3 Å². The van der Waals surface area contributed by atoms with E-state index in [4.69, 9.17) is 16.3 Å². The first-order valence-electron chi connectivity index (χ1n) is 12.4. The predicted octanol–water partition coefficient (Wildman–Crippen LogP) is 6.49. The second-order valence-electron chi connectivity index (χ2n) is 11.2. The number of halogens is 1. The highest BCUT2D eigenvalue weighted by atomic mass is 35.5. The van der Waals surface area contributed by atoms with Crippen LogP contribution in [0.2, 0.25) is 5.02 Å². The van der Waals surface area contributed by atoms with E-state index in [-0.39, 0.29) is 44.4 Å². The van der Waals surface area contributed by atoms with Crippen LogP contribution in [0.25, 0.3) is 6.08 Å². The number of carbonyl (C=O) groups excluding carboxylic acids is 4. The van der Waals surface area contributed by atoms with E-state index in [1.54, 1.807) is 13.0 Å². The smallest absolute Gasteiger partial charge is 0.339 e. The molecule has 0 aromatic heterocycles. The Labute approximate surface area is 237 Å². The van der Waals surface area contributed by atoms with Crippen LogP contribution >= 0.6 is 23.4 Å². The minimum absolute atomic E-state index is 0.0866. The summed E-state index contributed by atoms with van der Waals surface area (Å²) in [5, 5.41) is 13.1. The summed E-state index contributed by atoms with van der Waals surface area (Å²) < 4.78 is 4.97. The van der Waals surface area contributed by atoms with Gasteiger partial charge in [0.05, 0.1) is 22.1 Å².